The maximum absolute atomic E-state index is 2.49. The van der Waals surface area contributed by atoms with E-state index >= 15 is 0 Å². The van der Waals surface area contributed by atoms with Gasteiger partial charge in [0, 0.05) is 5.41 Å². The summed E-state index contributed by atoms with van der Waals surface area (Å²) in [5.74, 6) is 0.862. The van der Waals surface area contributed by atoms with Gasteiger partial charge >= 0.3 is 0 Å². The van der Waals surface area contributed by atoms with E-state index in [1.54, 1.807) is 5.57 Å². The third kappa shape index (κ3) is 1.86. The van der Waals surface area contributed by atoms with Gasteiger partial charge in [-0.2, -0.15) is 0 Å². The second-order valence-corrected chi connectivity index (χ2v) is 5.45. The fraction of sp³-hybridized carbons (Fsp3) is 0.412. The van der Waals surface area contributed by atoms with E-state index in [1.807, 2.05) is 0 Å². The summed E-state index contributed by atoms with van der Waals surface area (Å²) in [5.41, 5.74) is 3.39. The molecule has 1 aromatic carbocycles. The third-order valence-corrected chi connectivity index (χ3v) is 4.44. The highest BCUT2D eigenvalue weighted by Gasteiger charge is 2.42. The van der Waals surface area contributed by atoms with Crippen LogP contribution in [-0.4, -0.2) is 0 Å². The van der Waals surface area contributed by atoms with Gasteiger partial charge in [0.05, 0.1) is 0 Å². The molecule has 0 N–H and O–H groups in total. The molecule has 0 saturated heterocycles. The van der Waals surface area contributed by atoms with Crippen molar-refractivity contribution in [2.45, 2.75) is 32.6 Å². The van der Waals surface area contributed by atoms with Crippen LogP contribution in [0.5, 0.6) is 0 Å². The molecule has 0 heterocycles. The first-order valence-corrected chi connectivity index (χ1v) is 6.78. The zero-order chi connectivity index (χ0) is 11.7. The Morgan fingerprint density at radius 3 is 2.71 bits per heavy atom. The average Bonchev–Trinajstić information content (AvgIpc) is 2.98. The first-order chi connectivity index (χ1) is 8.32. The van der Waals surface area contributed by atoms with Gasteiger partial charge in [-0.15, -0.1) is 0 Å². The van der Waals surface area contributed by atoms with E-state index < -0.39 is 0 Å². The van der Waals surface area contributed by atoms with Crippen molar-refractivity contribution in [3.63, 3.8) is 0 Å². The van der Waals surface area contributed by atoms with Gasteiger partial charge in [-0.25, -0.2) is 0 Å². The van der Waals surface area contributed by atoms with E-state index in [0.29, 0.717) is 5.41 Å². The topological polar surface area (TPSA) is 0 Å². The average molecular weight is 224 g/mol. The predicted molar refractivity (Wildman–Crippen MR) is 73.6 cm³/mol. The smallest absolute Gasteiger partial charge is 0.00998 e. The van der Waals surface area contributed by atoms with E-state index in [1.165, 1.54) is 31.2 Å². The van der Waals surface area contributed by atoms with E-state index in [4.69, 9.17) is 0 Å². The summed E-state index contributed by atoms with van der Waals surface area (Å²) < 4.78 is 0. The lowest BCUT2D eigenvalue weighted by atomic mass is 9.77. The van der Waals surface area contributed by atoms with Gasteiger partial charge in [0.25, 0.3) is 0 Å². The normalized spacial score (nSPS) is 31.1. The number of hydrogen-bond donors (Lipinski definition) is 0. The van der Waals surface area contributed by atoms with Crippen molar-refractivity contribution in [1.82, 2.24) is 0 Å². The van der Waals surface area contributed by atoms with Crippen LogP contribution >= 0.6 is 0 Å². The molecule has 0 spiro atoms. The molecule has 1 fully saturated rings. The van der Waals surface area contributed by atoms with E-state index in [0.717, 1.165) is 5.92 Å². The van der Waals surface area contributed by atoms with Crippen molar-refractivity contribution < 1.29 is 0 Å². The summed E-state index contributed by atoms with van der Waals surface area (Å²) in [4.78, 5) is 0. The largest absolute Gasteiger partial charge is 0.0845 e. The van der Waals surface area contributed by atoms with Crippen LogP contribution in [0.25, 0.3) is 6.08 Å². The molecule has 88 valence electrons. The second kappa shape index (κ2) is 4.18. The molecule has 0 amide bonds. The monoisotopic (exact) mass is 224 g/mol. The molecule has 2 unspecified atom stereocenters. The van der Waals surface area contributed by atoms with Gasteiger partial charge in [0.15, 0.2) is 0 Å². The molecular formula is C17H20. The quantitative estimate of drug-likeness (QED) is 0.645. The van der Waals surface area contributed by atoms with Crippen molar-refractivity contribution in [3.05, 3.63) is 53.6 Å². The summed E-state index contributed by atoms with van der Waals surface area (Å²) in [6, 6.07) is 10.7. The molecule has 2 aliphatic rings. The minimum Gasteiger partial charge on any atom is -0.0845 e. The summed E-state index contributed by atoms with van der Waals surface area (Å²) >= 11 is 0. The minimum absolute atomic E-state index is 0.412. The number of fused-ring (bicyclic) bond motifs is 2. The SMILES string of the molecule is CCC(=Cc1ccccc1)C12C=CC(CC1)C2. The van der Waals surface area contributed by atoms with Gasteiger partial charge in [-0.3, -0.25) is 0 Å². The maximum atomic E-state index is 2.49. The summed E-state index contributed by atoms with van der Waals surface area (Å²) in [6.45, 7) is 2.29. The standard InChI is InChI=1S/C17H20/c1-2-16(12-14-6-4-3-5-7-14)17-10-8-15(13-17)9-11-17/h3-8,10,12,15H,2,9,11,13H2,1H3. The highest BCUT2D eigenvalue weighted by Crippen LogP contribution is 2.54. The molecular weight excluding hydrogens is 204 g/mol. The fourth-order valence-corrected chi connectivity index (χ4v) is 3.50. The van der Waals surface area contributed by atoms with Crippen molar-refractivity contribution in [1.29, 1.82) is 0 Å². The van der Waals surface area contributed by atoms with Crippen molar-refractivity contribution in [2.24, 2.45) is 11.3 Å². The molecule has 1 saturated carbocycles. The lowest BCUT2D eigenvalue weighted by Gasteiger charge is -2.27. The van der Waals surface area contributed by atoms with Crippen LogP contribution < -0.4 is 0 Å². The number of allylic oxidation sites excluding steroid dienone is 3. The number of hydrogen-bond acceptors (Lipinski definition) is 0. The van der Waals surface area contributed by atoms with E-state index in [2.05, 4.69) is 55.5 Å². The summed E-state index contributed by atoms with van der Waals surface area (Å²) in [6.07, 6.45) is 12.6. The highest BCUT2D eigenvalue weighted by atomic mass is 14.5. The molecule has 2 aliphatic carbocycles. The number of rotatable bonds is 3. The van der Waals surface area contributed by atoms with Crippen LogP contribution in [0.4, 0.5) is 0 Å². The molecule has 0 radical (unpaired) electrons. The summed E-state index contributed by atoms with van der Waals surface area (Å²) in [7, 11) is 0. The van der Waals surface area contributed by atoms with Crippen LogP contribution in [0.1, 0.15) is 38.2 Å². The fourth-order valence-electron chi connectivity index (χ4n) is 3.50. The number of benzene rings is 1. The van der Waals surface area contributed by atoms with Gasteiger partial charge in [-0.1, -0.05) is 61.1 Å². The zero-order valence-corrected chi connectivity index (χ0v) is 10.5. The Balaban J connectivity index is 1.94. The Morgan fingerprint density at radius 2 is 2.18 bits per heavy atom. The van der Waals surface area contributed by atoms with Crippen molar-refractivity contribution in [2.75, 3.05) is 0 Å². The van der Waals surface area contributed by atoms with Gasteiger partial charge in [0.1, 0.15) is 0 Å². The molecule has 1 aromatic rings. The van der Waals surface area contributed by atoms with Gasteiger partial charge < -0.3 is 0 Å². The first-order valence-electron chi connectivity index (χ1n) is 6.78. The summed E-state index contributed by atoms with van der Waals surface area (Å²) in [5, 5.41) is 0. The zero-order valence-electron chi connectivity index (χ0n) is 10.5. The molecule has 0 heteroatoms. The van der Waals surface area contributed by atoms with Crippen molar-refractivity contribution >= 4 is 6.08 Å². The van der Waals surface area contributed by atoms with Gasteiger partial charge in [-0.05, 0) is 37.2 Å². The first kappa shape index (κ1) is 10.8. The Morgan fingerprint density at radius 1 is 1.35 bits per heavy atom. The Hall–Kier alpha value is -1.30. The highest BCUT2D eigenvalue weighted by molar-refractivity contribution is 5.56. The van der Waals surface area contributed by atoms with Crippen LogP contribution in [0, 0.1) is 11.3 Å². The van der Waals surface area contributed by atoms with E-state index in [9.17, 15) is 0 Å². The second-order valence-electron chi connectivity index (χ2n) is 5.45. The molecule has 0 nitrogen and oxygen atoms in total. The molecule has 2 bridgehead atoms. The predicted octanol–water partition coefficient (Wildman–Crippen LogP) is 4.84. The molecule has 17 heavy (non-hydrogen) atoms. The van der Waals surface area contributed by atoms with Crippen LogP contribution in [-0.2, 0) is 0 Å². The third-order valence-electron chi connectivity index (χ3n) is 4.44. The minimum atomic E-state index is 0.412. The van der Waals surface area contributed by atoms with Gasteiger partial charge in [0.2, 0.25) is 0 Å². The molecule has 0 aromatic heterocycles. The van der Waals surface area contributed by atoms with E-state index in [-0.39, 0.29) is 0 Å². The maximum Gasteiger partial charge on any atom is 0.00998 e. The molecule has 3 rings (SSSR count). The van der Waals surface area contributed by atoms with Crippen LogP contribution in [0.3, 0.4) is 0 Å². The van der Waals surface area contributed by atoms with Crippen LogP contribution in [0.2, 0.25) is 0 Å². The lowest BCUT2D eigenvalue weighted by Crippen LogP contribution is -2.14. The molecule has 2 atom stereocenters. The van der Waals surface area contributed by atoms with Crippen LogP contribution in [0.15, 0.2) is 48.1 Å². The van der Waals surface area contributed by atoms with Crippen molar-refractivity contribution in [3.8, 4) is 0 Å². The Kier molecular flexibility index (Phi) is 2.66. The lowest BCUT2D eigenvalue weighted by molar-refractivity contribution is 0.477. The molecule has 0 aliphatic heterocycles. The Labute approximate surface area is 104 Å². The Bertz CT molecular complexity index is 452.